The molecule has 0 aliphatic rings. The molecular formula is C8H11F3N2OS. The second-order valence-electron chi connectivity index (χ2n) is 3.13. The van der Waals surface area contributed by atoms with E-state index in [0.29, 0.717) is 10.6 Å². The zero-order valence-corrected chi connectivity index (χ0v) is 9.11. The molecule has 1 aromatic heterocycles. The van der Waals surface area contributed by atoms with E-state index in [1.807, 2.05) is 0 Å². The van der Waals surface area contributed by atoms with Gasteiger partial charge in [-0.3, -0.25) is 0 Å². The third kappa shape index (κ3) is 3.35. The van der Waals surface area contributed by atoms with Crippen LogP contribution in [-0.4, -0.2) is 29.9 Å². The van der Waals surface area contributed by atoms with Crippen molar-refractivity contribution in [2.24, 2.45) is 0 Å². The Bertz CT molecular complexity index is 337. The van der Waals surface area contributed by atoms with Gasteiger partial charge in [-0.05, 0) is 6.92 Å². The predicted octanol–water partition coefficient (Wildman–Crippen LogP) is 1.94. The highest BCUT2D eigenvalue weighted by atomic mass is 32.1. The quantitative estimate of drug-likeness (QED) is 0.877. The van der Waals surface area contributed by atoms with Crippen molar-refractivity contribution >= 4 is 16.5 Å². The zero-order chi connectivity index (χ0) is 11.6. The summed E-state index contributed by atoms with van der Waals surface area (Å²) >= 11 is 1.07. The standard InChI is InChI=1S/C8H11F3N2OS/c1-5-6(3-14)15-7(12-5)13(2)4-8(9,10)11/h14H,3-4H2,1-2H3. The van der Waals surface area contributed by atoms with E-state index in [1.165, 1.54) is 7.05 Å². The molecule has 0 atom stereocenters. The number of hydrogen-bond acceptors (Lipinski definition) is 4. The van der Waals surface area contributed by atoms with Crippen LogP contribution in [0.2, 0.25) is 0 Å². The molecule has 1 rings (SSSR count). The number of nitrogens with zero attached hydrogens (tertiary/aromatic N) is 2. The highest BCUT2D eigenvalue weighted by Crippen LogP contribution is 2.27. The molecule has 0 saturated heterocycles. The van der Waals surface area contributed by atoms with E-state index in [1.54, 1.807) is 6.92 Å². The number of aliphatic hydroxyl groups excluding tert-OH is 1. The van der Waals surface area contributed by atoms with Crippen LogP contribution >= 0.6 is 11.3 Å². The van der Waals surface area contributed by atoms with Crippen LogP contribution in [0.4, 0.5) is 18.3 Å². The number of aryl methyl sites for hydroxylation is 1. The Morgan fingerprint density at radius 3 is 2.47 bits per heavy atom. The van der Waals surface area contributed by atoms with Crippen LogP contribution in [0.3, 0.4) is 0 Å². The molecule has 0 aromatic carbocycles. The Balaban J connectivity index is 2.78. The van der Waals surface area contributed by atoms with Gasteiger partial charge in [0, 0.05) is 7.05 Å². The second kappa shape index (κ2) is 4.36. The van der Waals surface area contributed by atoms with Gasteiger partial charge in [0.15, 0.2) is 5.13 Å². The van der Waals surface area contributed by atoms with Gasteiger partial charge in [0.05, 0.1) is 17.2 Å². The van der Waals surface area contributed by atoms with Crippen molar-refractivity contribution in [2.75, 3.05) is 18.5 Å². The molecule has 1 aromatic rings. The lowest BCUT2D eigenvalue weighted by Gasteiger charge is -2.17. The number of aliphatic hydroxyl groups is 1. The van der Waals surface area contributed by atoms with Crippen LogP contribution in [0.15, 0.2) is 0 Å². The summed E-state index contributed by atoms with van der Waals surface area (Å²) in [5, 5.41) is 9.15. The molecule has 15 heavy (non-hydrogen) atoms. The largest absolute Gasteiger partial charge is 0.405 e. The van der Waals surface area contributed by atoms with E-state index in [9.17, 15) is 13.2 Å². The molecule has 1 heterocycles. The first-order chi connectivity index (χ1) is 6.83. The van der Waals surface area contributed by atoms with Gasteiger partial charge in [0.2, 0.25) is 0 Å². The minimum Gasteiger partial charge on any atom is -0.391 e. The summed E-state index contributed by atoms with van der Waals surface area (Å²) in [5.41, 5.74) is 0.575. The van der Waals surface area contributed by atoms with Crippen LogP contribution in [0.5, 0.6) is 0 Å². The maximum absolute atomic E-state index is 12.1. The molecule has 0 aliphatic carbocycles. The topological polar surface area (TPSA) is 36.4 Å². The summed E-state index contributed by atoms with van der Waals surface area (Å²) in [5.74, 6) is 0. The molecule has 7 heteroatoms. The van der Waals surface area contributed by atoms with Crippen LogP contribution in [0.25, 0.3) is 0 Å². The number of aromatic nitrogens is 1. The summed E-state index contributed by atoms with van der Waals surface area (Å²) in [6.07, 6.45) is -4.24. The average molecular weight is 240 g/mol. The Kier molecular flexibility index (Phi) is 3.56. The SMILES string of the molecule is Cc1nc(N(C)CC(F)(F)F)sc1CO. The number of hydrogen-bond donors (Lipinski definition) is 1. The smallest absolute Gasteiger partial charge is 0.391 e. The monoisotopic (exact) mass is 240 g/mol. The number of rotatable bonds is 3. The summed E-state index contributed by atoms with van der Waals surface area (Å²) in [4.78, 5) is 5.57. The van der Waals surface area contributed by atoms with E-state index in [0.717, 1.165) is 16.2 Å². The summed E-state index contributed by atoms with van der Waals surface area (Å²) in [6, 6.07) is 0. The van der Waals surface area contributed by atoms with Gasteiger partial charge in [-0.15, -0.1) is 0 Å². The van der Waals surface area contributed by atoms with Gasteiger partial charge in [0.25, 0.3) is 0 Å². The molecule has 0 bridgehead atoms. The fourth-order valence-electron chi connectivity index (χ4n) is 1.06. The van der Waals surface area contributed by atoms with Crippen LogP contribution < -0.4 is 4.90 Å². The number of thiazole rings is 1. The zero-order valence-electron chi connectivity index (χ0n) is 8.30. The summed E-state index contributed by atoms with van der Waals surface area (Å²) in [7, 11) is 1.33. The maximum Gasteiger partial charge on any atom is 0.405 e. The Morgan fingerprint density at radius 1 is 1.47 bits per heavy atom. The van der Waals surface area contributed by atoms with Crippen LogP contribution in [0, 0.1) is 6.92 Å². The van der Waals surface area contributed by atoms with Gasteiger partial charge >= 0.3 is 6.18 Å². The van der Waals surface area contributed by atoms with Gasteiger partial charge in [0.1, 0.15) is 6.54 Å². The Labute approximate surface area is 89.2 Å². The minimum atomic E-state index is -4.24. The summed E-state index contributed by atoms with van der Waals surface area (Å²) < 4.78 is 36.2. The first-order valence-electron chi connectivity index (χ1n) is 4.18. The van der Waals surface area contributed by atoms with Crippen LogP contribution in [-0.2, 0) is 6.61 Å². The molecular weight excluding hydrogens is 229 g/mol. The number of halogens is 3. The fourth-order valence-corrected chi connectivity index (χ4v) is 1.94. The van der Waals surface area contributed by atoms with E-state index in [-0.39, 0.29) is 11.7 Å². The molecule has 86 valence electrons. The molecule has 0 aliphatic heterocycles. The first kappa shape index (κ1) is 12.3. The molecule has 3 nitrogen and oxygen atoms in total. The average Bonchev–Trinajstić information content (AvgIpc) is 2.43. The molecule has 0 saturated carbocycles. The molecule has 0 amide bonds. The third-order valence-corrected chi connectivity index (χ3v) is 3.02. The molecule has 0 fully saturated rings. The van der Waals surface area contributed by atoms with Gasteiger partial charge in [-0.25, -0.2) is 4.98 Å². The van der Waals surface area contributed by atoms with E-state index >= 15 is 0 Å². The third-order valence-electron chi connectivity index (χ3n) is 1.77. The van der Waals surface area contributed by atoms with Gasteiger partial charge in [-0.1, -0.05) is 11.3 Å². The lowest BCUT2D eigenvalue weighted by atomic mass is 10.4. The van der Waals surface area contributed by atoms with Crippen LogP contribution in [0.1, 0.15) is 10.6 Å². The summed E-state index contributed by atoms with van der Waals surface area (Å²) in [6.45, 7) is 0.432. The van der Waals surface area contributed by atoms with Gasteiger partial charge < -0.3 is 10.0 Å². The van der Waals surface area contributed by atoms with Crippen molar-refractivity contribution in [3.05, 3.63) is 10.6 Å². The number of anilines is 1. The molecule has 0 spiro atoms. The lowest BCUT2D eigenvalue weighted by Crippen LogP contribution is -2.30. The highest BCUT2D eigenvalue weighted by Gasteiger charge is 2.30. The maximum atomic E-state index is 12.1. The predicted molar refractivity (Wildman–Crippen MR) is 52.1 cm³/mol. The Morgan fingerprint density at radius 2 is 2.07 bits per heavy atom. The van der Waals surface area contributed by atoms with E-state index in [2.05, 4.69) is 4.98 Å². The highest BCUT2D eigenvalue weighted by molar-refractivity contribution is 7.15. The second-order valence-corrected chi connectivity index (χ2v) is 4.20. The minimum absolute atomic E-state index is 0.191. The molecule has 0 radical (unpaired) electrons. The van der Waals surface area contributed by atoms with E-state index in [4.69, 9.17) is 5.11 Å². The van der Waals surface area contributed by atoms with Crippen molar-refractivity contribution in [3.63, 3.8) is 0 Å². The van der Waals surface area contributed by atoms with Gasteiger partial charge in [-0.2, -0.15) is 13.2 Å². The fraction of sp³-hybridized carbons (Fsp3) is 0.625. The lowest BCUT2D eigenvalue weighted by molar-refractivity contribution is -0.119. The first-order valence-corrected chi connectivity index (χ1v) is 5.00. The van der Waals surface area contributed by atoms with Crippen molar-refractivity contribution < 1.29 is 18.3 Å². The molecule has 1 N–H and O–H groups in total. The van der Waals surface area contributed by atoms with E-state index < -0.39 is 12.7 Å². The Hall–Kier alpha value is -0.820. The molecule has 0 unspecified atom stereocenters. The van der Waals surface area contributed by atoms with Crippen molar-refractivity contribution in [3.8, 4) is 0 Å². The number of alkyl halides is 3. The van der Waals surface area contributed by atoms with Crippen molar-refractivity contribution in [1.29, 1.82) is 0 Å². The van der Waals surface area contributed by atoms with Crippen molar-refractivity contribution in [2.45, 2.75) is 19.7 Å². The normalized spacial score (nSPS) is 11.9. The van der Waals surface area contributed by atoms with Crippen molar-refractivity contribution in [1.82, 2.24) is 4.98 Å².